The molecule has 61 heavy (non-hydrogen) atoms. The summed E-state index contributed by atoms with van der Waals surface area (Å²) in [5.74, 6) is 1.33. The number of hydrogen-bond acceptors (Lipinski definition) is 10. The first-order chi connectivity index (χ1) is 29.5. The molecule has 316 valence electrons. The Hall–Kier alpha value is -5.90. The third-order valence-corrected chi connectivity index (χ3v) is 15.7. The van der Waals surface area contributed by atoms with Gasteiger partial charge in [-0.1, -0.05) is 100 Å². The molecule has 3 atom stereocenters. The van der Waals surface area contributed by atoms with Crippen molar-refractivity contribution in [3.63, 3.8) is 0 Å². The van der Waals surface area contributed by atoms with Gasteiger partial charge in [-0.2, -0.15) is 5.26 Å². The number of nitrogens with one attached hydrogen (secondary N) is 1. The van der Waals surface area contributed by atoms with Gasteiger partial charge >= 0.3 is 0 Å². The van der Waals surface area contributed by atoms with E-state index in [2.05, 4.69) is 21.4 Å². The second-order valence-electron chi connectivity index (χ2n) is 15.6. The van der Waals surface area contributed by atoms with Gasteiger partial charge in [-0.05, 0) is 59.5 Å². The van der Waals surface area contributed by atoms with Crippen LogP contribution in [0.2, 0.25) is 0 Å². The Morgan fingerprint density at radius 1 is 0.869 bits per heavy atom. The van der Waals surface area contributed by atoms with Crippen LogP contribution in [0.25, 0.3) is 11.2 Å². The zero-order chi connectivity index (χ0) is 43.1. The maximum atomic E-state index is 15.4. The first-order valence-electron chi connectivity index (χ1n) is 20.5. The number of ether oxygens (including phenoxy) is 4. The molecule has 1 saturated heterocycles. The molecule has 0 saturated carbocycles. The third kappa shape index (κ3) is 8.54. The van der Waals surface area contributed by atoms with E-state index in [9.17, 15) is 10.1 Å². The lowest BCUT2D eigenvalue weighted by Crippen LogP contribution is -2.41. The fraction of sp³-hybridized carbons (Fsp3) is 0.340. The van der Waals surface area contributed by atoms with Crippen LogP contribution in [0.1, 0.15) is 73.8 Å². The summed E-state index contributed by atoms with van der Waals surface area (Å²) >= 11 is 0. The fourth-order valence-corrected chi connectivity index (χ4v) is 11.9. The van der Waals surface area contributed by atoms with E-state index in [4.69, 9.17) is 23.9 Å². The molecule has 1 amide bonds. The number of imidazole rings is 1. The van der Waals surface area contributed by atoms with Gasteiger partial charge in [-0.3, -0.25) is 9.36 Å². The molecule has 3 heterocycles. The number of carbonyl (C=O) groups is 1. The van der Waals surface area contributed by atoms with Crippen molar-refractivity contribution in [1.82, 2.24) is 24.2 Å². The van der Waals surface area contributed by atoms with Gasteiger partial charge in [0.1, 0.15) is 23.4 Å². The van der Waals surface area contributed by atoms with Crippen LogP contribution in [0.5, 0.6) is 11.5 Å². The lowest BCUT2D eigenvalue weighted by Gasteiger charge is -2.42. The molecule has 0 bridgehead atoms. The predicted octanol–water partition coefficient (Wildman–Crippen LogP) is 9.07. The molecule has 13 nitrogen and oxygen atoms in total. The van der Waals surface area contributed by atoms with E-state index < -0.39 is 31.3 Å². The zero-order valence-corrected chi connectivity index (χ0v) is 36.2. The van der Waals surface area contributed by atoms with Crippen molar-refractivity contribution in [3.05, 3.63) is 144 Å². The van der Waals surface area contributed by atoms with Crippen molar-refractivity contribution in [1.29, 1.82) is 5.26 Å². The summed E-state index contributed by atoms with van der Waals surface area (Å²) in [6, 6.07) is 36.4. The van der Waals surface area contributed by atoms with E-state index in [1.54, 1.807) is 44.8 Å². The van der Waals surface area contributed by atoms with Crippen molar-refractivity contribution < 1.29 is 28.3 Å². The van der Waals surface area contributed by atoms with E-state index in [0.717, 1.165) is 16.7 Å². The van der Waals surface area contributed by atoms with E-state index in [-0.39, 0.29) is 42.6 Å². The second kappa shape index (κ2) is 18.8. The van der Waals surface area contributed by atoms with Crippen molar-refractivity contribution in [2.45, 2.75) is 75.8 Å². The van der Waals surface area contributed by atoms with Crippen molar-refractivity contribution in [2.24, 2.45) is 0 Å². The Morgan fingerprint density at radius 3 is 2.00 bits per heavy atom. The van der Waals surface area contributed by atoms with Crippen molar-refractivity contribution in [2.75, 3.05) is 32.7 Å². The Kier molecular flexibility index (Phi) is 13.3. The van der Waals surface area contributed by atoms with Crippen LogP contribution in [0.4, 0.5) is 5.82 Å². The first-order valence-corrected chi connectivity index (χ1v) is 22.3. The van der Waals surface area contributed by atoms with E-state index in [1.165, 1.54) is 6.33 Å². The normalized spacial score (nSPS) is 16.9. The molecular weight excluding hydrogens is 790 g/mol. The molecule has 0 spiro atoms. The molecule has 0 aliphatic carbocycles. The van der Waals surface area contributed by atoms with Gasteiger partial charge in [0.15, 0.2) is 30.5 Å². The Labute approximate surface area is 357 Å². The van der Waals surface area contributed by atoms with E-state index in [0.29, 0.717) is 34.6 Å². The number of nitrogens with zero attached hydrogens (tertiary/aromatic N) is 6. The average Bonchev–Trinajstić information content (AvgIpc) is 3.92. The monoisotopic (exact) mass is 841 g/mol. The highest BCUT2D eigenvalue weighted by molar-refractivity contribution is 7.62. The molecule has 14 heteroatoms. The van der Waals surface area contributed by atoms with Crippen molar-refractivity contribution in [3.8, 4) is 17.6 Å². The Bertz CT molecular complexity index is 2430. The van der Waals surface area contributed by atoms with Gasteiger partial charge < -0.3 is 28.8 Å². The summed E-state index contributed by atoms with van der Waals surface area (Å²) in [6.45, 7) is 8.31. The molecule has 1 aliphatic rings. The minimum Gasteiger partial charge on any atom is -0.497 e. The standard InChI is InChI=1S/C47H52N7O6P/c1-32(2)61(56,33(3)4)54(27-13-26-48)41-28-40(60-46(41)53-31-51-42-43(49-30-50-44(42)53)52-45(55)34-14-9-7-10-15-34)29-59-47(35-16-11-8-12-17-35,36-18-22-38(57-5)23-19-36)37-20-24-39(58-6)25-21-37/h7-12,14-25,30-33,40-41,46H,13,27-29H2,1-6H3,(H,49,50,52,55)/t40-,41+,46+/m0/s1. The van der Waals surface area contributed by atoms with Crippen LogP contribution < -0.4 is 14.8 Å². The van der Waals surface area contributed by atoms with Gasteiger partial charge in [0.05, 0.1) is 45.4 Å². The van der Waals surface area contributed by atoms with Crippen LogP contribution >= 0.6 is 7.29 Å². The fourth-order valence-electron chi connectivity index (χ4n) is 8.46. The van der Waals surface area contributed by atoms with Crippen LogP contribution in [0.3, 0.4) is 0 Å². The van der Waals surface area contributed by atoms with Crippen molar-refractivity contribution >= 4 is 30.2 Å². The number of rotatable bonds is 17. The molecule has 0 unspecified atom stereocenters. The summed E-state index contributed by atoms with van der Waals surface area (Å²) in [5, 5.41) is 12.8. The quantitative estimate of drug-likeness (QED) is 0.0691. The number of amides is 1. The second-order valence-corrected chi connectivity index (χ2v) is 19.5. The zero-order valence-electron chi connectivity index (χ0n) is 35.3. The maximum Gasteiger partial charge on any atom is 0.256 e. The molecular formula is C47H52N7O6P. The first kappa shape index (κ1) is 43.2. The highest BCUT2D eigenvalue weighted by Crippen LogP contribution is 2.61. The maximum absolute atomic E-state index is 15.4. The number of benzene rings is 4. The van der Waals surface area contributed by atoms with Crippen LogP contribution in [0.15, 0.2) is 122 Å². The molecule has 1 N–H and O–H groups in total. The SMILES string of the molecule is COc1ccc(C(OC[C@@H]2C[C@@H](N(CCC#N)P(=O)(C(C)C)C(C)C)[C@H](n3cnc4c(NC(=O)c5ccccc5)ncnc43)O2)(c2ccccc2)c2ccc(OC)cc2)cc1. The largest absolute Gasteiger partial charge is 0.497 e. The minimum absolute atomic E-state index is 0.125. The summed E-state index contributed by atoms with van der Waals surface area (Å²) in [6.07, 6.45) is 2.30. The topological polar surface area (TPSA) is 154 Å². The van der Waals surface area contributed by atoms with Crippen LogP contribution in [0, 0.1) is 11.3 Å². The van der Waals surface area contributed by atoms with E-state index >= 15 is 4.57 Å². The molecule has 6 aromatic rings. The number of carbonyl (C=O) groups excluding carboxylic acids is 1. The Balaban J connectivity index is 1.32. The number of anilines is 1. The molecule has 1 aliphatic heterocycles. The molecule has 2 aromatic heterocycles. The number of nitriles is 1. The summed E-state index contributed by atoms with van der Waals surface area (Å²) in [4.78, 5) is 27.0. The highest BCUT2D eigenvalue weighted by atomic mass is 31.2. The number of aromatic nitrogens is 4. The summed E-state index contributed by atoms with van der Waals surface area (Å²) in [5.41, 5.74) is 2.39. The average molecular weight is 842 g/mol. The molecule has 7 rings (SSSR count). The highest BCUT2D eigenvalue weighted by Gasteiger charge is 2.50. The lowest BCUT2D eigenvalue weighted by atomic mass is 9.80. The lowest BCUT2D eigenvalue weighted by molar-refractivity contribution is -0.0794. The van der Waals surface area contributed by atoms with Crippen LogP contribution in [-0.2, 0) is 19.6 Å². The number of fused-ring (bicyclic) bond motifs is 1. The minimum atomic E-state index is -3.14. The third-order valence-electron chi connectivity index (χ3n) is 11.4. The van der Waals surface area contributed by atoms with Gasteiger partial charge in [0, 0.05) is 29.8 Å². The van der Waals surface area contributed by atoms with Gasteiger partial charge in [0.25, 0.3) is 5.91 Å². The summed E-state index contributed by atoms with van der Waals surface area (Å²) < 4.78 is 44.7. The Morgan fingerprint density at radius 2 is 1.44 bits per heavy atom. The molecule has 1 fully saturated rings. The van der Waals surface area contributed by atoms with Gasteiger partial charge in [-0.15, -0.1) is 0 Å². The smallest absolute Gasteiger partial charge is 0.256 e. The van der Waals surface area contributed by atoms with Crippen LogP contribution in [-0.4, -0.2) is 80.9 Å². The van der Waals surface area contributed by atoms with E-state index in [1.807, 2.05) is 122 Å². The van der Waals surface area contributed by atoms with Gasteiger partial charge in [-0.25, -0.2) is 19.6 Å². The number of hydrogen-bond donors (Lipinski definition) is 1. The molecule has 4 aromatic carbocycles. The van der Waals surface area contributed by atoms with Gasteiger partial charge in [0.2, 0.25) is 0 Å². The predicted molar refractivity (Wildman–Crippen MR) is 235 cm³/mol. The summed E-state index contributed by atoms with van der Waals surface area (Å²) in [7, 11) is 0.137. The number of methoxy groups -OCH3 is 2. The molecule has 0 radical (unpaired) electrons.